The van der Waals surface area contributed by atoms with Crippen LogP contribution in [0.3, 0.4) is 0 Å². The van der Waals surface area contributed by atoms with Gasteiger partial charge in [0.15, 0.2) is 0 Å². The van der Waals surface area contributed by atoms with Gasteiger partial charge in [0.1, 0.15) is 5.01 Å². The van der Waals surface area contributed by atoms with Crippen LogP contribution in [0.1, 0.15) is 39.9 Å². The highest BCUT2D eigenvalue weighted by molar-refractivity contribution is 7.98. The van der Waals surface area contributed by atoms with E-state index in [0.29, 0.717) is 5.92 Å². The fourth-order valence-corrected chi connectivity index (χ4v) is 4.72. The summed E-state index contributed by atoms with van der Waals surface area (Å²) in [6.07, 6.45) is 3.66. The molecule has 0 saturated carbocycles. The highest BCUT2D eigenvalue weighted by Gasteiger charge is 2.23. The van der Waals surface area contributed by atoms with Crippen LogP contribution in [0.15, 0.2) is 29.2 Å². The zero-order valence-corrected chi connectivity index (χ0v) is 13.4. The number of benzene rings is 1. The molecule has 1 aromatic carbocycles. The van der Waals surface area contributed by atoms with Crippen molar-refractivity contribution in [1.82, 2.24) is 4.98 Å². The zero-order chi connectivity index (χ0) is 13.9. The minimum atomic E-state index is 0.494. The highest BCUT2D eigenvalue weighted by Crippen LogP contribution is 2.36. The van der Waals surface area contributed by atoms with Gasteiger partial charge < -0.3 is 5.73 Å². The van der Waals surface area contributed by atoms with Gasteiger partial charge in [0.2, 0.25) is 0 Å². The van der Waals surface area contributed by atoms with Gasteiger partial charge in [-0.15, -0.1) is 23.1 Å². The molecular formula is C16H20N2S2. The number of aryl methyl sites for hydroxylation is 2. The number of nitrogens with zero attached hydrogens (tertiary/aromatic N) is 1. The van der Waals surface area contributed by atoms with Crippen LogP contribution in [0.5, 0.6) is 0 Å². The molecule has 4 heteroatoms. The van der Waals surface area contributed by atoms with Crippen molar-refractivity contribution in [2.24, 2.45) is 5.73 Å². The van der Waals surface area contributed by atoms with E-state index in [0.717, 1.165) is 12.3 Å². The summed E-state index contributed by atoms with van der Waals surface area (Å²) in [5.74, 6) is 1.46. The van der Waals surface area contributed by atoms with Gasteiger partial charge in [0.05, 0.1) is 11.4 Å². The van der Waals surface area contributed by atoms with E-state index in [2.05, 4.69) is 31.2 Å². The topological polar surface area (TPSA) is 38.9 Å². The van der Waals surface area contributed by atoms with Crippen molar-refractivity contribution in [2.75, 3.05) is 6.54 Å². The first-order chi connectivity index (χ1) is 9.76. The summed E-state index contributed by atoms with van der Waals surface area (Å²) in [6, 6.07) is 8.71. The maximum absolute atomic E-state index is 5.87. The molecule has 0 spiro atoms. The molecule has 1 aromatic heterocycles. The Balaban J connectivity index is 1.69. The average molecular weight is 304 g/mol. The van der Waals surface area contributed by atoms with Gasteiger partial charge in [-0.25, -0.2) is 4.98 Å². The van der Waals surface area contributed by atoms with E-state index >= 15 is 0 Å². The quantitative estimate of drug-likeness (QED) is 0.864. The van der Waals surface area contributed by atoms with Crippen LogP contribution in [-0.4, -0.2) is 11.5 Å². The van der Waals surface area contributed by atoms with Crippen LogP contribution >= 0.6 is 23.1 Å². The fourth-order valence-electron chi connectivity index (χ4n) is 2.63. The fraction of sp³-hybridized carbons (Fsp3) is 0.438. The minimum Gasteiger partial charge on any atom is -0.330 e. The number of aromatic nitrogens is 1. The van der Waals surface area contributed by atoms with Gasteiger partial charge in [-0.3, -0.25) is 0 Å². The van der Waals surface area contributed by atoms with E-state index < -0.39 is 0 Å². The number of hydrogen-bond donors (Lipinski definition) is 1. The average Bonchev–Trinajstić information content (AvgIpc) is 2.89. The lowest BCUT2D eigenvalue weighted by Gasteiger charge is -2.18. The molecule has 20 heavy (non-hydrogen) atoms. The molecule has 2 nitrogen and oxygen atoms in total. The Kier molecular flexibility index (Phi) is 4.44. The molecule has 1 heterocycles. The van der Waals surface area contributed by atoms with E-state index in [1.54, 1.807) is 0 Å². The van der Waals surface area contributed by atoms with Gasteiger partial charge in [-0.2, -0.15) is 0 Å². The van der Waals surface area contributed by atoms with Crippen LogP contribution in [0.4, 0.5) is 0 Å². The molecule has 2 aromatic rings. The standard InChI is InChI=1S/C16H20N2S2/c1-11-5-7-13(8-6-11)19-10-15-18-16-12(9-17)3-2-4-14(16)20-15/h5-8,12H,2-4,9-10,17H2,1H3. The second kappa shape index (κ2) is 6.29. The monoisotopic (exact) mass is 304 g/mol. The second-order valence-electron chi connectivity index (χ2n) is 5.34. The van der Waals surface area contributed by atoms with Crippen LogP contribution < -0.4 is 5.73 Å². The number of thiazole rings is 1. The lowest BCUT2D eigenvalue weighted by molar-refractivity contribution is 0.553. The number of fused-ring (bicyclic) bond motifs is 1. The van der Waals surface area contributed by atoms with Crippen molar-refractivity contribution in [3.8, 4) is 0 Å². The Labute approximate surface area is 128 Å². The Morgan fingerprint density at radius 1 is 1.35 bits per heavy atom. The number of hydrogen-bond acceptors (Lipinski definition) is 4. The smallest absolute Gasteiger partial charge is 0.103 e. The highest BCUT2D eigenvalue weighted by atomic mass is 32.2. The number of rotatable bonds is 4. The predicted octanol–water partition coefficient (Wildman–Crippen LogP) is 4.12. The van der Waals surface area contributed by atoms with E-state index in [9.17, 15) is 0 Å². The molecule has 1 aliphatic carbocycles. The summed E-state index contributed by atoms with van der Waals surface area (Å²) in [5.41, 5.74) is 8.47. The van der Waals surface area contributed by atoms with Gasteiger partial charge in [-0.1, -0.05) is 17.7 Å². The zero-order valence-electron chi connectivity index (χ0n) is 11.8. The van der Waals surface area contributed by atoms with Crippen LogP contribution in [0.25, 0.3) is 0 Å². The summed E-state index contributed by atoms with van der Waals surface area (Å²) in [5, 5.41) is 1.25. The molecule has 1 aliphatic rings. The Hall–Kier alpha value is -0.840. The molecule has 0 bridgehead atoms. The predicted molar refractivity (Wildman–Crippen MR) is 87.6 cm³/mol. The normalized spacial score (nSPS) is 18.0. The molecule has 1 unspecified atom stereocenters. The van der Waals surface area contributed by atoms with Crippen molar-refractivity contribution in [3.63, 3.8) is 0 Å². The lowest BCUT2D eigenvalue weighted by atomic mass is 9.91. The molecular weight excluding hydrogens is 284 g/mol. The largest absolute Gasteiger partial charge is 0.330 e. The van der Waals surface area contributed by atoms with Crippen LogP contribution in [0, 0.1) is 6.92 Å². The molecule has 0 aliphatic heterocycles. The summed E-state index contributed by atoms with van der Waals surface area (Å²) in [6.45, 7) is 2.86. The van der Waals surface area contributed by atoms with Gasteiger partial charge in [0, 0.05) is 22.2 Å². The molecule has 0 saturated heterocycles. The van der Waals surface area contributed by atoms with E-state index in [1.165, 1.54) is 45.3 Å². The van der Waals surface area contributed by atoms with Gasteiger partial charge in [-0.05, 0) is 38.3 Å². The maximum atomic E-state index is 5.87. The number of nitrogens with two attached hydrogens (primary N) is 1. The lowest BCUT2D eigenvalue weighted by Crippen LogP contribution is -2.17. The van der Waals surface area contributed by atoms with Gasteiger partial charge >= 0.3 is 0 Å². The summed E-state index contributed by atoms with van der Waals surface area (Å²) in [7, 11) is 0. The molecule has 1 atom stereocenters. The number of thioether (sulfide) groups is 1. The molecule has 3 rings (SSSR count). The molecule has 0 fully saturated rings. The van der Waals surface area contributed by atoms with Crippen molar-refractivity contribution < 1.29 is 0 Å². The third-order valence-corrected chi connectivity index (χ3v) is 6.12. The van der Waals surface area contributed by atoms with Crippen molar-refractivity contribution in [3.05, 3.63) is 45.4 Å². The van der Waals surface area contributed by atoms with Crippen LogP contribution in [0.2, 0.25) is 0 Å². The summed E-state index contributed by atoms with van der Waals surface area (Å²) < 4.78 is 0. The Morgan fingerprint density at radius 2 is 2.15 bits per heavy atom. The van der Waals surface area contributed by atoms with Crippen molar-refractivity contribution in [2.45, 2.75) is 42.8 Å². The summed E-state index contributed by atoms with van der Waals surface area (Å²) in [4.78, 5) is 7.65. The van der Waals surface area contributed by atoms with E-state index in [1.807, 2.05) is 23.1 Å². The summed E-state index contributed by atoms with van der Waals surface area (Å²) >= 11 is 3.76. The Morgan fingerprint density at radius 3 is 2.90 bits per heavy atom. The SMILES string of the molecule is Cc1ccc(SCc2nc3c(s2)CCCC3CN)cc1. The van der Waals surface area contributed by atoms with Crippen molar-refractivity contribution in [1.29, 1.82) is 0 Å². The Bertz CT molecular complexity index is 575. The molecule has 106 valence electrons. The van der Waals surface area contributed by atoms with Gasteiger partial charge in [0.25, 0.3) is 0 Å². The third kappa shape index (κ3) is 3.08. The van der Waals surface area contributed by atoms with E-state index in [4.69, 9.17) is 10.7 Å². The molecule has 2 N–H and O–H groups in total. The molecule has 0 radical (unpaired) electrons. The first kappa shape index (κ1) is 14.1. The first-order valence-corrected chi connectivity index (χ1v) is 8.94. The maximum Gasteiger partial charge on any atom is 0.103 e. The first-order valence-electron chi connectivity index (χ1n) is 7.14. The molecule has 0 amide bonds. The van der Waals surface area contributed by atoms with E-state index in [-0.39, 0.29) is 0 Å². The van der Waals surface area contributed by atoms with Crippen molar-refractivity contribution >= 4 is 23.1 Å². The third-order valence-electron chi connectivity index (χ3n) is 3.78. The minimum absolute atomic E-state index is 0.494. The second-order valence-corrected chi connectivity index (χ2v) is 7.56. The van der Waals surface area contributed by atoms with Crippen LogP contribution in [-0.2, 0) is 12.2 Å².